The summed E-state index contributed by atoms with van der Waals surface area (Å²) in [7, 11) is 0. The van der Waals surface area contributed by atoms with Crippen molar-refractivity contribution in [2.45, 2.75) is 26.4 Å². The molecule has 2 aromatic rings. The van der Waals surface area contributed by atoms with Crippen LogP contribution in [0.1, 0.15) is 19.2 Å². The minimum atomic E-state index is 0.420. The van der Waals surface area contributed by atoms with E-state index in [4.69, 9.17) is 5.73 Å². The highest BCUT2D eigenvalue weighted by Gasteiger charge is 2.11. The van der Waals surface area contributed by atoms with Gasteiger partial charge in [0.2, 0.25) is 0 Å². The Morgan fingerprint density at radius 1 is 1.24 bits per heavy atom. The van der Waals surface area contributed by atoms with E-state index in [1.165, 1.54) is 0 Å². The van der Waals surface area contributed by atoms with Crippen molar-refractivity contribution in [2.24, 2.45) is 5.73 Å². The summed E-state index contributed by atoms with van der Waals surface area (Å²) in [6, 6.07) is 8.06. The van der Waals surface area contributed by atoms with Crippen molar-refractivity contribution < 1.29 is 0 Å². The van der Waals surface area contributed by atoms with E-state index in [2.05, 4.69) is 37.6 Å². The Bertz CT molecular complexity index is 490. The third kappa shape index (κ3) is 2.56. The van der Waals surface area contributed by atoms with Crippen LogP contribution >= 0.6 is 15.9 Å². The van der Waals surface area contributed by atoms with Gasteiger partial charge in [0.25, 0.3) is 0 Å². The summed E-state index contributed by atoms with van der Waals surface area (Å²) in [5, 5.41) is 8.35. The Labute approximate surface area is 109 Å². The van der Waals surface area contributed by atoms with Crippen LogP contribution < -0.4 is 5.73 Å². The van der Waals surface area contributed by atoms with Crippen molar-refractivity contribution >= 4 is 15.9 Å². The van der Waals surface area contributed by atoms with E-state index in [9.17, 15) is 0 Å². The first-order chi connectivity index (χ1) is 8.26. The molecule has 1 aromatic carbocycles. The van der Waals surface area contributed by atoms with Crippen molar-refractivity contribution in [2.75, 3.05) is 0 Å². The average Bonchev–Trinajstić information content (AvgIpc) is 2.74. The van der Waals surface area contributed by atoms with Crippen LogP contribution in [0.25, 0.3) is 11.4 Å². The number of hydrogen-bond donors (Lipinski definition) is 1. The number of benzene rings is 1. The van der Waals surface area contributed by atoms with Gasteiger partial charge in [-0.15, -0.1) is 10.2 Å². The second kappa shape index (κ2) is 5.42. The van der Waals surface area contributed by atoms with Crippen LogP contribution in [-0.4, -0.2) is 14.8 Å². The van der Waals surface area contributed by atoms with Gasteiger partial charge in [0.1, 0.15) is 5.82 Å². The number of halogens is 1. The lowest BCUT2D eigenvalue weighted by Crippen LogP contribution is -2.09. The minimum Gasteiger partial charge on any atom is -0.324 e. The Morgan fingerprint density at radius 2 is 1.94 bits per heavy atom. The zero-order valence-corrected chi connectivity index (χ0v) is 11.3. The lowest BCUT2D eigenvalue weighted by atomic mass is 10.2. The molecule has 0 spiro atoms. The molecule has 1 aromatic heterocycles. The maximum atomic E-state index is 5.67. The fourth-order valence-corrected chi connectivity index (χ4v) is 2.02. The Morgan fingerprint density at radius 3 is 2.53 bits per heavy atom. The molecule has 90 valence electrons. The molecule has 0 amide bonds. The summed E-state index contributed by atoms with van der Waals surface area (Å²) < 4.78 is 3.14. The lowest BCUT2D eigenvalue weighted by Gasteiger charge is -2.07. The predicted octanol–water partition coefficient (Wildman–Crippen LogP) is 2.58. The first kappa shape index (κ1) is 12.3. The van der Waals surface area contributed by atoms with E-state index >= 15 is 0 Å². The molecular formula is C12H15BrN4. The van der Waals surface area contributed by atoms with Crippen molar-refractivity contribution in [3.05, 3.63) is 34.6 Å². The number of hydrogen-bond acceptors (Lipinski definition) is 3. The maximum Gasteiger partial charge on any atom is 0.163 e. The molecule has 0 atom stereocenters. The summed E-state index contributed by atoms with van der Waals surface area (Å²) in [6.45, 7) is 3.44. The molecule has 0 saturated heterocycles. The van der Waals surface area contributed by atoms with E-state index in [0.29, 0.717) is 6.54 Å². The molecule has 5 heteroatoms. The van der Waals surface area contributed by atoms with Crippen LogP contribution in [0.2, 0.25) is 0 Å². The molecule has 0 radical (unpaired) electrons. The van der Waals surface area contributed by atoms with Gasteiger partial charge in [-0.25, -0.2) is 0 Å². The first-order valence-corrected chi connectivity index (χ1v) is 6.43. The number of nitrogens with two attached hydrogens (primary N) is 1. The zero-order chi connectivity index (χ0) is 12.3. The number of rotatable bonds is 4. The molecular weight excluding hydrogens is 280 g/mol. The topological polar surface area (TPSA) is 56.7 Å². The SMILES string of the molecule is CCCn1c(CN)nnc1-c1ccc(Br)cc1. The van der Waals surface area contributed by atoms with Gasteiger partial charge in [-0.05, 0) is 18.6 Å². The highest BCUT2D eigenvalue weighted by molar-refractivity contribution is 9.10. The Balaban J connectivity index is 2.43. The molecule has 2 rings (SSSR count). The molecule has 0 aliphatic carbocycles. The molecule has 1 heterocycles. The fourth-order valence-electron chi connectivity index (χ4n) is 1.76. The van der Waals surface area contributed by atoms with Crippen LogP contribution in [-0.2, 0) is 13.1 Å². The molecule has 0 bridgehead atoms. The van der Waals surface area contributed by atoms with E-state index in [-0.39, 0.29) is 0 Å². The normalized spacial score (nSPS) is 10.8. The van der Waals surface area contributed by atoms with Gasteiger partial charge in [-0.1, -0.05) is 35.0 Å². The van der Waals surface area contributed by atoms with E-state index < -0.39 is 0 Å². The summed E-state index contributed by atoms with van der Waals surface area (Å²) >= 11 is 3.42. The molecule has 0 fully saturated rings. The van der Waals surface area contributed by atoms with Crippen LogP contribution in [0.4, 0.5) is 0 Å². The number of nitrogens with zero attached hydrogens (tertiary/aromatic N) is 3. The molecule has 0 aliphatic rings. The van der Waals surface area contributed by atoms with Gasteiger partial charge in [0.05, 0.1) is 6.54 Å². The summed E-state index contributed by atoms with van der Waals surface area (Å²) in [6.07, 6.45) is 1.04. The van der Waals surface area contributed by atoms with Crippen molar-refractivity contribution in [3.63, 3.8) is 0 Å². The Kier molecular flexibility index (Phi) is 3.91. The average molecular weight is 295 g/mol. The minimum absolute atomic E-state index is 0.420. The van der Waals surface area contributed by atoms with Gasteiger partial charge < -0.3 is 10.3 Å². The van der Waals surface area contributed by atoms with Crippen LogP contribution in [0.3, 0.4) is 0 Å². The maximum absolute atomic E-state index is 5.67. The Hall–Kier alpha value is -1.20. The summed E-state index contributed by atoms with van der Waals surface area (Å²) in [5.74, 6) is 1.73. The smallest absolute Gasteiger partial charge is 0.163 e. The molecule has 4 nitrogen and oxygen atoms in total. The standard InChI is InChI=1S/C12H15BrN4/c1-2-7-17-11(8-14)15-16-12(17)9-3-5-10(13)6-4-9/h3-6H,2,7-8,14H2,1H3. The highest BCUT2D eigenvalue weighted by atomic mass is 79.9. The fraction of sp³-hybridized carbons (Fsp3) is 0.333. The van der Waals surface area contributed by atoms with Gasteiger partial charge in [-0.3, -0.25) is 0 Å². The van der Waals surface area contributed by atoms with Crippen molar-refractivity contribution in [1.29, 1.82) is 0 Å². The first-order valence-electron chi connectivity index (χ1n) is 5.64. The van der Waals surface area contributed by atoms with E-state index in [0.717, 1.165) is 34.7 Å². The highest BCUT2D eigenvalue weighted by Crippen LogP contribution is 2.21. The van der Waals surface area contributed by atoms with Gasteiger partial charge in [0.15, 0.2) is 5.82 Å². The molecule has 0 saturated carbocycles. The number of aromatic nitrogens is 3. The van der Waals surface area contributed by atoms with Crippen LogP contribution in [0.5, 0.6) is 0 Å². The summed E-state index contributed by atoms with van der Waals surface area (Å²) in [5.41, 5.74) is 6.73. The summed E-state index contributed by atoms with van der Waals surface area (Å²) in [4.78, 5) is 0. The van der Waals surface area contributed by atoms with E-state index in [1.54, 1.807) is 0 Å². The van der Waals surface area contributed by atoms with Crippen molar-refractivity contribution in [1.82, 2.24) is 14.8 Å². The second-order valence-corrected chi connectivity index (χ2v) is 4.72. The molecule has 0 unspecified atom stereocenters. The van der Waals surface area contributed by atoms with Gasteiger partial charge in [-0.2, -0.15) is 0 Å². The predicted molar refractivity (Wildman–Crippen MR) is 71.3 cm³/mol. The van der Waals surface area contributed by atoms with Gasteiger partial charge in [0, 0.05) is 16.6 Å². The van der Waals surface area contributed by atoms with Gasteiger partial charge >= 0.3 is 0 Å². The van der Waals surface area contributed by atoms with Crippen LogP contribution in [0.15, 0.2) is 28.7 Å². The molecule has 0 aliphatic heterocycles. The quantitative estimate of drug-likeness (QED) is 0.943. The van der Waals surface area contributed by atoms with Crippen molar-refractivity contribution in [3.8, 4) is 11.4 Å². The third-order valence-electron chi connectivity index (χ3n) is 2.56. The second-order valence-electron chi connectivity index (χ2n) is 3.80. The monoisotopic (exact) mass is 294 g/mol. The largest absolute Gasteiger partial charge is 0.324 e. The van der Waals surface area contributed by atoms with Crippen LogP contribution in [0, 0.1) is 0 Å². The van der Waals surface area contributed by atoms with E-state index in [1.807, 2.05) is 24.3 Å². The molecule has 2 N–H and O–H groups in total. The lowest BCUT2D eigenvalue weighted by molar-refractivity contribution is 0.644. The zero-order valence-electron chi connectivity index (χ0n) is 9.73. The molecule has 17 heavy (non-hydrogen) atoms. The third-order valence-corrected chi connectivity index (χ3v) is 3.09.